The Kier molecular flexibility index (Phi) is 5.57. The number of nitrogens with zero attached hydrogens (tertiary/aromatic N) is 2. The summed E-state index contributed by atoms with van der Waals surface area (Å²) in [5.74, 6) is -1.40. The first kappa shape index (κ1) is 18.4. The van der Waals surface area contributed by atoms with Crippen molar-refractivity contribution < 1.29 is 14.3 Å². The monoisotopic (exact) mass is 356 g/mol. The maximum atomic E-state index is 13.9. The third kappa shape index (κ3) is 4.05. The molecule has 26 heavy (non-hydrogen) atoms. The van der Waals surface area contributed by atoms with E-state index in [1.165, 1.54) is 6.07 Å². The van der Waals surface area contributed by atoms with Crippen LogP contribution in [0.2, 0.25) is 0 Å². The molecule has 1 fully saturated rings. The van der Waals surface area contributed by atoms with Crippen LogP contribution in [-0.2, 0) is 4.79 Å². The molecule has 3 rings (SSSR count). The van der Waals surface area contributed by atoms with Gasteiger partial charge in [0.2, 0.25) is 0 Å². The van der Waals surface area contributed by atoms with E-state index < -0.39 is 5.97 Å². The molecule has 0 bridgehead atoms. The molecule has 0 aliphatic carbocycles. The molecule has 1 heterocycles. The predicted molar refractivity (Wildman–Crippen MR) is 101 cm³/mol. The van der Waals surface area contributed by atoms with Crippen LogP contribution >= 0.6 is 0 Å². The van der Waals surface area contributed by atoms with Crippen molar-refractivity contribution >= 4 is 11.7 Å². The van der Waals surface area contributed by atoms with Crippen LogP contribution in [0, 0.1) is 11.7 Å². The van der Waals surface area contributed by atoms with Gasteiger partial charge in [0.15, 0.2) is 0 Å². The first-order valence-corrected chi connectivity index (χ1v) is 8.95. The third-order valence-electron chi connectivity index (χ3n) is 5.06. The zero-order valence-electron chi connectivity index (χ0n) is 15.2. The van der Waals surface area contributed by atoms with Crippen LogP contribution in [-0.4, -0.2) is 43.2 Å². The molecule has 0 radical (unpaired) electrons. The Morgan fingerprint density at radius 2 is 1.92 bits per heavy atom. The number of benzene rings is 2. The highest BCUT2D eigenvalue weighted by atomic mass is 19.1. The Morgan fingerprint density at radius 3 is 2.54 bits per heavy atom. The molecular formula is C21H25FN2O2. The van der Waals surface area contributed by atoms with Crippen molar-refractivity contribution in [2.75, 3.05) is 32.1 Å². The van der Waals surface area contributed by atoms with Crippen molar-refractivity contribution in [3.63, 3.8) is 0 Å². The smallest absolute Gasteiger partial charge is 0.307 e. The van der Waals surface area contributed by atoms with E-state index in [0.717, 1.165) is 29.8 Å². The van der Waals surface area contributed by atoms with Gasteiger partial charge in [-0.1, -0.05) is 24.3 Å². The molecule has 0 spiro atoms. The Labute approximate surface area is 153 Å². The van der Waals surface area contributed by atoms with Gasteiger partial charge in [-0.3, -0.25) is 9.69 Å². The number of rotatable bonds is 5. The molecule has 2 aromatic rings. The van der Waals surface area contributed by atoms with Gasteiger partial charge >= 0.3 is 5.97 Å². The Morgan fingerprint density at radius 1 is 1.19 bits per heavy atom. The Bertz CT molecular complexity index is 761. The second kappa shape index (κ2) is 7.87. The molecule has 4 nitrogen and oxygen atoms in total. The van der Waals surface area contributed by atoms with Crippen molar-refractivity contribution in [1.29, 1.82) is 0 Å². The minimum Gasteiger partial charge on any atom is -0.481 e. The van der Waals surface area contributed by atoms with Gasteiger partial charge in [0.05, 0.1) is 12.0 Å². The lowest BCUT2D eigenvalue weighted by Gasteiger charge is -2.37. The van der Waals surface area contributed by atoms with Crippen LogP contribution in [0.25, 0.3) is 0 Å². The van der Waals surface area contributed by atoms with Crippen molar-refractivity contribution in [2.45, 2.75) is 18.9 Å². The second-order valence-electron chi connectivity index (χ2n) is 7.12. The van der Waals surface area contributed by atoms with Gasteiger partial charge in [0.25, 0.3) is 0 Å². The molecular weight excluding hydrogens is 331 g/mol. The molecule has 0 amide bonds. The van der Waals surface area contributed by atoms with Crippen molar-refractivity contribution in [2.24, 2.45) is 5.92 Å². The summed E-state index contributed by atoms with van der Waals surface area (Å²) < 4.78 is 13.9. The fourth-order valence-electron chi connectivity index (χ4n) is 3.69. The zero-order chi connectivity index (χ0) is 18.7. The number of likely N-dealkylation sites (tertiary alicyclic amines) is 1. The van der Waals surface area contributed by atoms with Gasteiger partial charge in [-0.25, -0.2) is 4.39 Å². The van der Waals surface area contributed by atoms with E-state index in [1.54, 1.807) is 12.1 Å². The lowest BCUT2D eigenvalue weighted by molar-refractivity contribution is -0.143. The lowest BCUT2D eigenvalue weighted by Crippen LogP contribution is -2.41. The van der Waals surface area contributed by atoms with Gasteiger partial charge < -0.3 is 10.0 Å². The van der Waals surface area contributed by atoms with Gasteiger partial charge in [0.1, 0.15) is 5.82 Å². The summed E-state index contributed by atoms with van der Waals surface area (Å²) in [6.07, 6.45) is 1.53. The van der Waals surface area contributed by atoms with Crippen molar-refractivity contribution in [1.82, 2.24) is 4.90 Å². The van der Waals surface area contributed by atoms with Crippen molar-refractivity contribution in [3.05, 3.63) is 65.5 Å². The fourth-order valence-corrected chi connectivity index (χ4v) is 3.69. The zero-order valence-corrected chi connectivity index (χ0v) is 15.2. The average Bonchev–Trinajstić information content (AvgIpc) is 2.63. The molecule has 0 saturated carbocycles. The first-order chi connectivity index (χ1) is 12.5. The summed E-state index contributed by atoms with van der Waals surface area (Å²) in [5.41, 5.74) is 3.00. The van der Waals surface area contributed by atoms with Crippen LogP contribution in [0.5, 0.6) is 0 Å². The number of piperidine rings is 1. The molecule has 1 aliphatic heterocycles. The molecule has 2 unspecified atom stereocenters. The molecule has 1 saturated heterocycles. The topological polar surface area (TPSA) is 43.8 Å². The number of hydrogen-bond donors (Lipinski definition) is 1. The fraction of sp³-hybridized carbons (Fsp3) is 0.381. The van der Waals surface area contributed by atoms with E-state index in [4.69, 9.17) is 0 Å². The summed E-state index contributed by atoms with van der Waals surface area (Å²) in [6, 6.07) is 14.7. The summed E-state index contributed by atoms with van der Waals surface area (Å²) in [5, 5.41) is 9.43. The molecule has 0 aromatic heterocycles. The van der Waals surface area contributed by atoms with E-state index >= 15 is 0 Å². The van der Waals surface area contributed by atoms with Crippen LogP contribution < -0.4 is 4.90 Å². The number of halogens is 1. The van der Waals surface area contributed by atoms with E-state index in [2.05, 4.69) is 17.0 Å². The maximum absolute atomic E-state index is 13.9. The minimum absolute atomic E-state index is 0.149. The summed E-state index contributed by atoms with van der Waals surface area (Å²) in [7, 11) is 3.97. The highest BCUT2D eigenvalue weighted by Gasteiger charge is 2.31. The van der Waals surface area contributed by atoms with Gasteiger partial charge in [-0.2, -0.15) is 0 Å². The number of anilines is 1. The Balaban J connectivity index is 1.97. The van der Waals surface area contributed by atoms with Crippen LogP contribution in [0.1, 0.15) is 30.0 Å². The van der Waals surface area contributed by atoms with Crippen LogP contribution in [0.3, 0.4) is 0 Å². The standard InChI is InChI=1S/C21H25FN2O2/c1-23(2)19-10-8-15(9-11-19)20(16-5-3-7-18(22)13-16)24-12-4-6-17(14-24)21(25)26/h3,5,7-11,13,17,20H,4,6,12,14H2,1-2H3,(H,25,26). The average molecular weight is 356 g/mol. The third-order valence-corrected chi connectivity index (χ3v) is 5.06. The largest absolute Gasteiger partial charge is 0.481 e. The quantitative estimate of drug-likeness (QED) is 0.885. The number of carboxylic acid groups (broad SMARTS) is 1. The highest BCUT2D eigenvalue weighted by Crippen LogP contribution is 2.33. The normalized spacial score (nSPS) is 19.1. The maximum Gasteiger partial charge on any atom is 0.307 e. The molecule has 138 valence electrons. The van der Waals surface area contributed by atoms with Gasteiger partial charge in [0, 0.05) is 26.3 Å². The molecule has 5 heteroatoms. The van der Waals surface area contributed by atoms with Gasteiger partial charge in [-0.15, -0.1) is 0 Å². The SMILES string of the molecule is CN(C)c1ccc(C(c2cccc(F)c2)N2CCCC(C(=O)O)C2)cc1. The Hall–Kier alpha value is -2.40. The summed E-state index contributed by atoms with van der Waals surface area (Å²) >= 11 is 0. The molecule has 1 N–H and O–H groups in total. The number of carbonyl (C=O) groups is 1. The van der Waals surface area contributed by atoms with E-state index in [0.29, 0.717) is 13.0 Å². The summed E-state index contributed by atoms with van der Waals surface area (Å²) in [6.45, 7) is 1.28. The van der Waals surface area contributed by atoms with Crippen LogP contribution in [0.4, 0.5) is 10.1 Å². The van der Waals surface area contributed by atoms with Crippen molar-refractivity contribution in [3.8, 4) is 0 Å². The number of hydrogen-bond acceptors (Lipinski definition) is 3. The van der Waals surface area contributed by atoms with Crippen LogP contribution in [0.15, 0.2) is 48.5 Å². The lowest BCUT2D eigenvalue weighted by atomic mass is 9.91. The highest BCUT2D eigenvalue weighted by molar-refractivity contribution is 5.70. The van der Waals surface area contributed by atoms with Gasteiger partial charge in [-0.05, 0) is 54.8 Å². The minimum atomic E-state index is -0.754. The number of carboxylic acids is 1. The van der Waals surface area contributed by atoms with E-state index in [1.807, 2.05) is 37.2 Å². The predicted octanol–water partition coefficient (Wildman–Crippen LogP) is 3.78. The first-order valence-electron chi connectivity index (χ1n) is 8.95. The second-order valence-corrected chi connectivity index (χ2v) is 7.12. The number of aliphatic carboxylic acids is 1. The van der Waals surface area contributed by atoms with E-state index in [-0.39, 0.29) is 17.8 Å². The molecule has 2 aromatic carbocycles. The molecule has 2 atom stereocenters. The molecule has 1 aliphatic rings. The summed E-state index contributed by atoms with van der Waals surface area (Å²) in [4.78, 5) is 15.7. The van der Waals surface area contributed by atoms with E-state index in [9.17, 15) is 14.3 Å².